The van der Waals surface area contributed by atoms with Crippen LogP contribution in [0.25, 0.3) is 0 Å². The highest BCUT2D eigenvalue weighted by atomic mass is 16.5. The van der Waals surface area contributed by atoms with Crippen molar-refractivity contribution in [2.75, 3.05) is 0 Å². The lowest BCUT2D eigenvalue weighted by Gasteiger charge is -2.08. The van der Waals surface area contributed by atoms with Gasteiger partial charge < -0.3 is 10.1 Å². The van der Waals surface area contributed by atoms with Crippen molar-refractivity contribution in [2.24, 2.45) is 0 Å². The first-order valence-corrected chi connectivity index (χ1v) is 7.17. The van der Waals surface area contributed by atoms with E-state index in [0.717, 1.165) is 5.56 Å². The highest BCUT2D eigenvalue weighted by Crippen LogP contribution is 2.19. The molecule has 0 radical (unpaired) electrons. The molecular weight excluding hydrogens is 290 g/mol. The number of amides is 1. The molecule has 0 spiro atoms. The van der Waals surface area contributed by atoms with Crippen LogP contribution in [0.5, 0.6) is 11.6 Å². The predicted octanol–water partition coefficient (Wildman–Crippen LogP) is 3.20. The van der Waals surface area contributed by atoms with Crippen LogP contribution in [-0.2, 0) is 6.54 Å². The smallest absolute Gasteiger partial charge is 0.251 e. The molecule has 0 aliphatic carbocycles. The summed E-state index contributed by atoms with van der Waals surface area (Å²) in [4.78, 5) is 20.2. The lowest BCUT2D eigenvalue weighted by atomic mass is 10.2. The van der Waals surface area contributed by atoms with E-state index in [4.69, 9.17) is 4.74 Å². The standard InChI is InChI=1S/C18H15N3O2/c22-18(21-12-14-5-2-1-3-6-14)15-7-4-8-16(11-15)23-17-13-19-9-10-20-17/h1-11,13H,12H2,(H,21,22). The van der Waals surface area contributed by atoms with Crippen LogP contribution in [0.4, 0.5) is 0 Å². The summed E-state index contributed by atoms with van der Waals surface area (Å²) in [5, 5.41) is 2.88. The van der Waals surface area contributed by atoms with E-state index in [2.05, 4.69) is 15.3 Å². The molecule has 1 heterocycles. The van der Waals surface area contributed by atoms with Crippen LogP contribution in [0.3, 0.4) is 0 Å². The quantitative estimate of drug-likeness (QED) is 0.786. The number of carbonyl (C=O) groups excluding carboxylic acids is 1. The van der Waals surface area contributed by atoms with E-state index in [-0.39, 0.29) is 5.91 Å². The second-order valence-corrected chi connectivity index (χ2v) is 4.84. The van der Waals surface area contributed by atoms with Crippen LogP contribution in [0, 0.1) is 0 Å². The minimum absolute atomic E-state index is 0.154. The van der Waals surface area contributed by atoms with E-state index < -0.39 is 0 Å². The summed E-state index contributed by atoms with van der Waals surface area (Å²) in [6.45, 7) is 0.481. The maximum Gasteiger partial charge on any atom is 0.251 e. The Morgan fingerprint density at radius 3 is 2.70 bits per heavy atom. The summed E-state index contributed by atoms with van der Waals surface area (Å²) in [7, 11) is 0. The molecule has 1 aromatic heterocycles. The topological polar surface area (TPSA) is 64.1 Å². The van der Waals surface area contributed by atoms with Crippen LogP contribution in [0.1, 0.15) is 15.9 Å². The summed E-state index contributed by atoms with van der Waals surface area (Å²) in [5.41, 5.74) is 1.58. The Bertz CT molecular complexity index is 777. The molecular formula is C18H15N3O2. The predicted molar refractivity (Wildman–Crippen MR) is 86.2 cm³/mol. The Labute approximate surface area is 134 Å². The van der Waals surface area contributed by atoms with Crippen molar-refractivity contribution < 1.29 is 9.53 Å². The Hall–Kier alpha value is -3.21. The average Bonchev–Trinajstić information content (AvgIpc) is 2.62. The van der Waals surface area contributed by atoms with E-state index in [1.165, 1.54) is 6.20 Å². The number of hydrogen-bond donors (Lipinski definition) is 1. The normalized spacial score (nSPS) is 10.1. The van der Waals surface area contributed by atoms with Crippen LogP contribution < -0.4 is 10.1 Å². The monoisotopic (exact) mass is 305 g/mol. The molecule has 1 amide bonds. The Morgan fingerprint density at radius 1 is 1.04 bits per heavy atom. The van der Waals surface area contributed by atoms with Gasteiger partial charge in [-0.15, -0.1) is 0 Å². The summed E-state index contributed by atoms with van der Waals surface area (Å²) < 4.78 is 5.58. The van der Waals surface area contributed by atoms with E-state index >= 15 is 0 Å². The highest BCUT2D eigenvalue weighted by molar-refractivity contribution is 5.94. The number of aromatic nitrogens is 2. The van der Waals surface area contributed by atoms with Gasteiger partial charge in [-0.25, -0.2) is 4.98 Å². The molecule has 23 heavy (non-hydrogen) atoms. The van der Waals surface area contributed by atoms with Crippen LogP contribution >= 0.6 is 0 Å². The minimum atomic E-state index is -0.154. The van der Waals surface area contributed by atoms with Crippen LogP contribution in [0.2, 0.25) is 0 Å². The third-order valence-electron chi connectivity index (χ3n) is 3.15. The van der Waals surface area contributed by atoms with Crippen molar-refractivity contribution in [1.29, 1.82) is 0 Å². The molecule has 1 N–H and O–H groups in total. The van der Waals surface area contributed by atoms with Gasteiger partial charge in [0, 0.05) is 24.5 Å². The third-order valence-corrected chi connectivity index (χ3v) is 3.15. The molecule has 5 heteroatoms. The third kappa shape index (κ3) is 4.14. The van der Waals surface area contributed by atoms with Gasteiger partial charge in [-0.1, -0.05) is 36.4 Å². The zero-order chi connectivity index (χ0) is 15.9. The lowest BCUT2D eigenvalue weighted by molar-refractivity contribution is 0.0950. The van der Waals surface area contributed by atoms with Crippen molar-refractivity contribution in [3.63, 3.8) is 0 Å². The van der Waals surface area contributed by atoms with E-state index in [1.807, 2.05) is 30.3 Å². The summed E-state index contributed by atoms with van der Waals surface area (Å²) in [5.74, 6) is 0.769. The van der Waals surface area contributed by atoms with Crippen molar-refractivity contribution in [3.8, 4) is 11.6 Å². The van der Waals surface area contributed by atoms with Gasteiger partial charge in [0.2, 0.25) is 5.88 Å². The maximum absolute atomic E-state index is 12.2. The molecule has 5 nitrogen and oxygen atoms in total. The lowest BCUT2D eigenvalue weighted by Crippen LogP contribution is -2.22. The zero-order valence-electron chi connectivity index (χ0n) is 12.3. The molecule has 0 fully saturated rings. The molecule has 0 aliphatic rings. The van der Waals surface area contributed by atoms with Gasteiger partial charge in [0.05, 0.1) is 6.20 Å². The van der Waals surface area contributed by atoms with Crippen LogP contribution in [0.15, 0.2) is 73.2 Å². The largest absolute Gasteiger partial charge is 0.437 e. The van der Waals surface area contributed by atoms with E-state index in [0.29, 0.717) is 23.7 Å². The summed E-state index contributed by atoms with van der Waals surface area (Å²) in [6.07, 6.45) is 4.63. The molecule has 3 aromatic rings. The second-order valence-electron chi connectivity index (χ2n) is 4.84. The van der Waals surface area contributed by atoms with Gasteiger partial charge in [0.25, 0.3) is 5.91 Å². The average molecular weight is 305 g/mol. The Balaban J connectivity index is 1.65. The maximum atomic E-state index is 12.2. The zero-order valence-corrected chi connectivity index (χ0v) is 12.3. The summed E-state index contributed by atoms with van der Waals surface area (Å²) >= 11 is 0. The second kappa shape index (κ2) is 7.17. The molecule has 0 saturated heterocycles. The van der Waals surface area contributed by atoms with Gasteiger partial charge in [-0.05, 0) is 23.8 Å². The first-order chi connectivity index (χ1) is 11.3. The highest BCUT2D eigenvalue weighted by Gasteiger charge is 2.07. The van der Waals surface area contributed by atoms with Crippen LogP contribution in [-0.4, -0.2) is 15.9 Å². The molecule has 114 valence electrons. The molecule has 2 aromatic carbocycles. The number of nitrogens with zero attached hydrogens (tertiary/aromatic N) is 2. The number of nitrogens with one attached hydrogen (secondary N) is 1. The fourth-order valence-corrected chi connectivity index (χ4v) is 2.04. The van der Waals surface area contributed by atoms with Crippen molar-refractivity contribution in [1.82, 2.24) is 15.3 Å². The Kier molecular flexibility index (Phi) is 4.59. The van der Waals surface area contributed by atoms with Crippen molar-refractivity contribution in [3.05, 3.63) is 84.3 Å². The number of ether oxygens (including phenoxy) is 1. The number of rotatable bonds is 5. The fourth-order valence-electron chi connectivity index (χ4n) is 2.04. The molecule has 0 bridgehead atoms. The number of carbonyl (C=O) groups is 1. The molecule has 3 rings (SSSR count). The van der Waals surface area contributed by atoms with Gasteiger partial charge >= 0.3 is 0 Å². The molecule has 0 atom stereocenters. The van der Waals surface area contributed by atoms with Crippen molar-refractivity contribution in [2.45, 2.75) is 6.54 Å². The number of hydrogen-bond acceptors (Lipinski definition) is 4. The van der Waals surface area contributed by atoms with Crippen molar-refractivity contribution >= 4 is 5.91 Å². The first-order valence-electron chi connectivity index (χ1n) is 7.17. The molecule has 0 saturated carbocycles. The minimum Gasteiger partial charge on any atom is -0.437 e. The molecule has 0 aliphatic heterocycles. The van der Waals surface area contributed by atoms with Gasteiger partial charge in [0.1, 0.15) is 5.75 Å². The number of benzene rings is 2. The molecule has 0 unspecified atom stereocenters. The van der Waals surface area contributed by atoms with E-state index in [1.54, 1.807) is 36.7 Å². The van der Waals surface area contributed by atoms with Gasteiger partial charge in [-0.2, -0.15) is 0 Å². The first kappa shape index (κ1) is 14.7. The van der Waals surface area contributed by atoms with E-state index in [9.17, 15) is 4.79 Å². The SMILES string of the molecule is O=C(NCc1ccccc1)c1cccc(Oc2cnccn2)c1. The summed E-state index contributed by atoms with van der Waals surface area (Å²) in [6, 6.07) is 16.7. The van der Waals surface area contributed by atoms with Gasteiger partial charge in [-0.3, -0.25) is 9.78 Å². The fraction of sp³-hybridized carbons (Fsp3) is 0.0556. The Morgan fingerprint density at radius 2 is 1.91 bits per heavy atom. The van der Waals surface area contributed by atoms with Gasteiger partial charge in [0.15, 0.2) is 0 Å².